The fourth-order valence-electron chi connectivity index (χ4n) is 2.57. The third-order valence-corrected chi connectivity index (χ3v) is 4.56. The molecular formula is C22H15BrN2O3. The Morgan fingerprint density at radius 3 is 2.39 bits per heavy atom. The van der Waals surface area contributed by atoms with Crippen molar-refractivity contribution in [3.8, 4) is 11.8 Å². The Balaban J connectivity index is 1.81. The number of hydrogen-bond donors (Lipinski definition) is 0. The van der Waals surface area contributed by atoms with Crippen molar-refractivity contribution < 1.29 is 9.66 Å². The minimum absolute atomic E-state index is 0.0419. The molecule has 0 fully saturated rings. The highest BCUT2D eigenvalue weighted by Gasteiger charge is 2.07. The van der Waals surface area contributed by atoms with Crippen molar-refractivity contribution >= 4 is 33.3 Å². The van der Waals surface area contributed by atoms with Crippen LogP contribution in [-0.2, 0) is 6.61 Å². The molecule has 0 radical (unpaired) electrons. The largest absolute Gasteiger partial charge is 0.488 e. The molecule has 0 bridgehead atoms. The van der Waals surface area contributed by atoms with Gasteiger partial charge in [0.05, 0.1) is 16.6 Å². The average molecular weight is 435 g/mol. The Kier molecular flexibility index (Phi) is 6.20. The summed E-state index contributed by atoms with van der Waals surface area (Å²) in [6.07, 6.45) is 1.79. The number of allylic oxidation sites excluding steroid dienone is 1. The summed E-state index contributed by atoms with van der Waals surface area (Å²) in [5.74, 6) is 0.630. The molecule has 5 nitrogen and oxygen atoms in total. The molecule has 0 aliphatic carbocycles. The maximum Gasteiger partial charge on any atom is 0.269 e. The molecular weight excluding hydrogens is 420 g/mol. The maximum absolute atomic E-state index is 10.7. The molecule has 0 aromatic heterocycles. The van der Waals surface area contributed by atoms with Gasteiger partial charge in [-0.1, -0.05) is 46.3 Å². The van der Waals surface area contributed by atoms with Crippen LogP contribution < -0.4 is 4.74 Å². The molecule has 3 rings (SSSR count). The van der Waals surface area contributed by atoms with Crippen LogP contribution in [-0.4, -0.2) is 4.92 Å². The molecule has 0 heterocycles. The van der Waals surface area contributed by atoms with Crippen LogP contribution in [0.2, 0.25) is 0 Å². The van der Waals surface area contributed by atoms with Crippen LogP contribution >= 0.6 is 15.9 Å². The Morgan fingerprint density at radius 2 is 1.75 bits per heavy atom. The van der Waals surface area contributed by atoms with Crippen molar-refractivity contribution in [2.45, 2.75) is 6.61 Å². The maximum atomic E-state index is 10.7. The van der Waals surface area contributed by atoms with Gasteiger partial charge in [0.25, 0.3) is 5.69 Å². The first-order valence-corrected chi connectivity index (χ1v) is 9.19. The van der Waals surface area contributed by atoms with Gasteiger partial charge < -0.3 is 4.74 Å². The normalized spacial score (nSPS) is 10.9. The van der Waals surface area contributed by atoms with Crippen molar-refractivity contribution in [3.05, 3.63) is 104 Å². The van der Waals surface area contributed by atoms with E-state index in [1.807, 2.05) is 48.5 Å². The molecule has 0 aliphatic heterocycles. The van der Waals surface area contributed by atoms with E-state index in [-0.39, 0.29) is 12.3 Å². The number of nitrogens with zero attached hydrogens (tertiary/aromatic N) is 2. The molecule has 0 amide bonds. The number of hydrogen-bond acceptors (Lipinski definition) is 4. The standard InChI is InChI=1S/C22H15BrN2O3/c23-20-9-7-17(8-10-20)19(14-24)13-18-3-1-2-4-22(18)28-15-16-5-11-21(12-6-16)25(26)27/h1-13H,15H2/b19-13-. The molecule has 0 saturated heterocycles. The monoisotopic (exact) mass is 434 g/mol. The predicted molar refractivity (Wildman–Crippen MR) is 111 cm³/mol. The van der Waals surface area contributed by atoms with E-state index in [1.165, 1.54) is 12.1 Å². The number of non-ortho nitro benzene ring substituents is 1. The summed E-state index contributed by atoms with van der Waals surface area (Å²) in [6.45, 7) is 0.267. The third kappa shape index (κ3) is 4.84. The molecule has 3 aromatic rings. The lowest BCUT2D eigenvalue weighted by Gasteiger charge is -2.10. The highest BCUT2D eigenvalue weighted by Crippen LogP contribution is 2.26. The molecule has 0 atom stereocenters. The van der Waals surface area contributed by atoms with E-state index in [0.717, 1.165) is 21.2 Å². The highest BCUT2D eigenvalue weighted by molar-refractivity contribution is 9.10. The van der Waals surface area contributed by atoms with Crippen molar-refractivity contribution in [1.29, 1.82) is 5.26 Å². The summed E-state index contributed by atoms with van der Waals surface area (Å²) in [6, 6.07) is 23.4. The first-order valence-electron chi connectivity index (χ1n) is 8.40. The summed E-state index contributed by atoms with van der Waals surface area (Å²) in [5.41, 5.74) is 2.98. The Labute approximate surface area is 170 Å². The zero-order chi connectivity index (χ0) is 19.9. The van der Waals surface area contributed by atoms with Gasteiger partial charge in [0, 0.05) is 22.2 Å². The molecule has 0 N–H and O–H groups in total. The third-order valence-electron chi connectivity index (χ3n) is 4.04. The van der Waals surface area contributed by atoms with Gasteiger partial charge in [-0.05, 0) is 47.5 Å². The number of rotatable bonds is 6. The van der Waals surface area contributed by atoms with Crippen molar-refractivity contribution in [1.82, 2.24) is 0 Å². The average Bonchev–Trinajstić information content (AvgIpc) is 2.72. The fourth-order valence-corrected chi connectivity index (χ4v) is 2.84. The number of ether oxygens (including phenoxy) is 1. The van der Waals surface area contributed by atoms with Crippen molar-refractivity contribution in [2.24, 2.45) is 0 Å². The lowest BCUT2D eigenvalue weighted by Crippen LogP contribution is -1.97. The van der Waals surface area contributed by atoms with Crippen LogP contribution in [0.15, 0.2) is 77.3 Å². The number of nitriles is 1. The first-order chi connectivity index (χ1) is 13.6. The Bertz CT molecular complexity index is 1050. The second-order valence-corrected chi connectivity index (χ2v) is 6.84. The number of nitro groups is 1. The lowest BCUT2D eigenvalue weighted by molar-refractivity contribution is -0.384. The Hall–Kier alpha value is -3.43. The number of nitro benzene ring substituents is 1. The van der Waals surface area contributed by atoms with E-state index in [0.29, 0.717) is 11.3 Å². The molecule has 6 heteroatoms. The number of halogens is 1. The van der Waals surface area contributed by atoms with Crippen LogP contribution in [0.25, 0.3) is 11.6 Å². The molecule has 0 aliphatic rings. The quantitative estimate of drug-likeness (QED) is 0.206. The van der Waals surface area contributed by atoms with Gasteiger partial charge in [0.1, 0.15) is 12.4 Å². The molecule has 0 unspecified atom stereocenters. The van der Waals surface area contributed by atoms with Gasteiger partial charge in [-0.2, -0.15) is 5.26 Å². The molecule has 3 aromatic carbocycles. The van der Waals surface area contributed by atoms with E-state index in [4.69, 9.17) is 4.74 Å². The fraction of sp³-hybridized carbons (Fsp3) is 0.0455. The van der Waals surface area contributed by atoms with Crippen LogP contribution in [0.4, 0.5) is 5.69 Å². The van der Waals surface area contributed by atoms with Crippen molar-refractivity contribution in [2.75, 3.05) is 0 Å². The van der Waals surface area contributed by atoms with Crippen LogP contribution in [0.3, 0.4) is 0 Å². The summed E-state index contributed by atoms with van der Waals surface area (Å²) in [4.78, 5) is 10.3. The smallest absolute Gasteiger partial charge is 0.269 e. The lowest BCUT2D eigenvalue weighted by atomic mass is 10.0. The highest BCUT2D eigenvalue weighted by atomic mass is 79.9. The van der Waals surface area contributed by atoms with E-state index in [9.17, 15) is 15.4 Å². The zero-order valence-corrected chi connectivity index (χ0v) is 16.3. The minimum Gasteiger partial charge on any atom is -0.488 e. The molecule has 138 valence electrons. The van der Waals surface area contributed by atoms with Crippen LogP contribution in [0.1, 0.15) is 16.7 Å². The first kappa shape index (κ1) is 19.3. The van der Waals surface area contributed by atoms with Gasteiger partial charge in [-0.15, -0.1) is 0 Å². The summed E-state index contributed by atoms with van der Waals surface area (Å²) < 4.78 is 6.84. The van der Waals surface area contributed by atoms with Crippen LogP contribution in [0, 0.1) is 21.4 Å². The van der Waals surface area contributed by atoms with E-state index >= 15 is 0 Å². The second-order valence-electron chi connectivity index (χ2n) is 5.93. The summed E-state index contributed by atoms with van der Waals surface area (Å²) in [5, 5.41) is 20.3. The SMILES string of the molecule is N#C/C(=C/c1ccccc1OCc1ccc([N+](=O)[O-])cc1)c1ccc(Br)cc1. The predicted octanol–water partition coefficient (Wildman–Crippen LogP) is 6.00. The number of benzene rings is 3. The molecule has 0 saturated carbocycles. The Morgan fingerprint density at radius 1 is 1.07 bits per heavy atom. The van der Waals surface area contributed by atoms with Crippen molar-refractivity contribution in [3.63, 3.8) is 0 Å². The zero-order valence-electron chi connectivity index (χ0n) is 14.7. The van der Waals surface area contributed by atoms with Gasteiger partial charge in [-0.3, -0.25) is 10.1 Å². The summed E-state index contributed by atoms with van der Waals surface area (Å²) >= 11 is 3.39. The molecule has 28 heavy (non-hydrogen) atoms. The van der Waals surface area contributed by atoms with E-state index < -0.39 is 4.92 Å². The topological polar surface area (TPSA) is 76.2 Å². The molecule has 0 spiro atoms. The van der Waals surface area contributed by atoms with Gasteiger partial charge in [0.15, 0.2) is 0 Å². The summed E-state index contributed by atoms with van der Waals surface area (Å²) in [7, 11) is 0. The van der Waals surface area contributed by atoms with Crippen LogP contribution in [0.5, 0.6) is 5.75 Å². The van der Waals surface area contributed by atoms with Gasteiger partial charge in [-0.25, -0.2) is 0 Å². The van der Waals surface area contributed by atoms with E-state index in [2.05, 4.69) is 22.0 Å². The minimum atomic E-state index is -0.434. The van der Waals surface area contributed by atoms with Gasteiger partial charge in [0.2, 0.25) is 0 Å². The second kappa shape index (κ2) is 8.98. The van der Waals surface area contributed by atoms with E-state index in [1.54, 1.807) is 18.2 Å². The number of para-hydroxylation sites is 1. The van der Waals surface area contributed by atoms with Gasteiger partial charge >= 0.3 is 0 Å².